The minimum atomic E-state index is -4.73. The van der Waals surface area contributed by atoms with Gasteiger partial charge in [0.2, 0.25) is 29.5 Å². The number of hydrogen-bond donors (Lipinski definition) is 2. The van der Waals surface area contributed by atoms with E-state index in [1.807, 2.05) is 35.2 Å². The summed E-state index contributed by atoms with van der Waals surface area (Å²) in [4.78, 5) is 41.6. The molecule has 298 valence electrons. The van der Waals surface area contributed by atoms with Gasteiger partial charge in [0.15, 0.2) is 0 Å². The second-order valence-corrected chi connectivity index (χ2v) is 16.5. The molecule has 4 fully saturated rings. The average molecular weight is 804 g/mol. The van der Waals surface area contributed by atoms with E-state index in [0.29, 0.717) is 91.8 Å². The molecule has 57 heavy (non-hydrogen) atoms. The number of pyridine rings is 3. The highest BCUT2D eigenvalue weighted by molar-refractivity contribution is 6.35. The molecule has 5 aliphatic rings. The Morgan fingerprint density at radius 2 is 1.49 bits per heavy atom. The van der Waals surface area contributed by atoms with Gasteiger partial charge in [-0.25, -0.2) is 4.98 Å². The lowest BCUT2D eigenvalue weighted by Crippen LogP contribution is -2.56. The number of nitrogens with one attached hydrogen (secondary N) is 2. The van der Waals surface area contributed by atoms with Gasteiger partial charge in [-0.3, -0.25) is 24.4 Å². The Hall–Kier alpha value is -4.99. The normalized spacial score (nSPS) is 20.9. The Balaban J connectivity index is 0.945. The van der Waals surface area contributed by atoms with Crippen molar-refractivity contribution in [3.63, 3.8) is 0 Å². The molecule has 3 aromatic heterocycles. The van der Waals surface area contributed by atoms with E-state index in [2.05, 4.69) is 25.5 Å². The van der Waals surface area contributed by atoms with E-state index in [1.165, 1.54) is 7.11 Å². The van der Waals surface area contributed by atoms with Gasteiger partial charge in [0.1, 0.15) is 11.7 Å². The van der Waals surface area contributed by atoms with Gasteiger partial charge in [0, 0.05) is 104 Å². The zero-order valence-electron chi connectivity index (χ0n) is 31.5. The van der Waals surface area contributed by atoms with Crippen molar-refractivity contribution in [2.45, 2.75) is 51.1 Å². The van der Waals surface area contributed by atoms with E-state index in [4.69, 9.17) is 30.8 Å². The van der Waals surface area contributed by atoms with Crippen molar-refractivity contribution in [3.8, 4) is 40.2 Å². The smallest absolute Gasteiger partial charge is 0.421 e. The van der Waals surface area contributed by atoms with Gasteiger partial charge in [-0.2, -0.15) is 18.2 Å². The summed E-state index contributed by atoms with van der Waals surface area (Å²) in [5, 5.41) is 6.17. The molecular formula is C41H41ClF3N7O5. The van der Waals surface area contributed by atoms with Gasteiger partial charge in [-0.15, -0.1) is 0 Å². The van der Waals surface area contributed by atoms with E-state index in [-0.39, 0.29) is 35.1 Å². The maximum absolute atomic E-state index is 14.6. The molecule has 2 N–H and O–H groups in total. The maximum Gasteiger partial charge on any atom is 0.421 e. The van der Waals surface area contributed by atoms with Crippen LogP contribution in [0.1, 0.15) is 53.2 Å². The van der Waals surface area contributed by atoms with Crippen molar-refractivity contribution in [2.75, 3.05) is 53.5 Å². The molecule has 0 saturated carbocycles. The number of halogens is 4. The predicted octanol–water partition coefficient (Wildman–Crippen LogP) is 5.61. The highest BCUT2D eigenvalue weighted by Crippen LogP contribution is 2.46. The summed E-state index contributed by atoms with van der Waals surface area (Å²) < 4.78 is 61.1. The molecule has 7 heterocycles. The first-order chi connectivity index (χ1) is 27.3. The number of aromatic nitrogens is 3. The number of carbonyl (C=O) groups excluding carboxylic acids is 2. The first-order valence-corrected chi connectivity index (χ1v) is 19.3. The van der Waals surface area contributed by atoms with Gasteiger partial charge in [-0.05, 0) is 42.2 Å². The van der Waals surface area contributed by atoms with Crippen molar-refractivity contribution < 1.29 is 37.0 Å². The average Bonchev–Trinajstić information content (AvgIpc) is 3.88. The van der Waals surface area contributed by atoms with Gasteiger partial charge in [-0.1, -0.05) is 35.9 Å². The molecular weight excluding hydrogens is 763 g/mol. The molecule has 1 aliphatic carbocycles. The molecule has 0 unspecified atom stereocenters. The lowest BCUT2D eigenvalue weighted by atomic mass is 9.79. The topological polar surface area (TPSA) is 131 Å². The number of rotatable bonds is 10. The summed E-state index contributed by atoms with van der Waals surface area (Å²) >= 11 is 7.10. The third kappa shape index (κ3) is 6.93. The summed E-state index contributed by atoms with van der Waals surface area (Å²) in [6.07, 6.45) is -1.87. The molecule has 16 heteroatoms. The minimum Gasteiger partial charge on any atom is -0.481 e. The van der Waals surface area contributed by atoms with Crippen LogP contribution in [-0.2, 0) is 35.3 Å². The molecule has 4 saturated heterocycles. The van der Waals surface area contributed by atoms with Crippen LogP contribution in [0.5, 0.6) is 17.6 Å². The van der Waals surface area contributed by atoms with E-state index in [0.717, 1.165) is 41.4 Å². The summed E-state index contributed by atoms with van der Waals surface area (Å²) in [5.41, 5.74) is 4.23. The predicted molar refractivity (Wildman–Crippen MR) is 203 cm³/mol. The molecule has 0 bridgehead atoms. The molecule has 1 atom stereocenters. The van der Waals surface area contributed by atoms with Gasteiger partial charge >= 0.3 is 6.18 Å². The number of benzene rings is 1. The third-order valence-corrected chi connectivity index (χ3v) is 12.3. The highest BCUT2D eigenvalue weighted by Gasteiger charge is 2.49. The standard InChI is InChI=1S/C41H41ClF3N7O5/c1-55-36-23(15-51-19-39(20-51)13-32(53)47-17-39)6-8-30(49-36)28-10-11-46-35(34(28)42)27-5-3-4-26-25(27)7-9-31(26)57-38-29(41(43,44)45)12-24(37(50-38)56-2)16-52-21-40(22-52)14-33(54)48-18-40/h3-6,8,10-12,31H,7,9,13-22H2,1-2H3,(H,47,53)(H,48,54)/t31-/m0/s1. The first kappa shape index (κ1) is 37.6. The number of carbonyl (C=O) groups is 2. The Labute approximate surface area is 332 Å². The Morgan fingerprint density at radius 3 is 2.11 bits per heavy atom. The quantitative estimate of drug-likeness (QED) is 0.209. The molecule has 1 aromatic carbocycles. The molecule has 4 aliphatic heterocycles. The van der Waals surface area contributed by atoms with E-state index >= 15 is 0 Å². The van der Waals surface area contributed by atoms with Gasteiger partial charge in [0.05, 0.1) is 30.6 Å². The first-order valence-electron chi connectivity index (χ1n) is 19.0. The van der Waals surface area contributed by atoms with E-state index < -0.39 is 23.7 Å². The highest BCUT2D eigenvalue weighted by atomic mass is 35.5. The number of methoxy groups -OCH3 is 2. The van der Waals surface area contributed by atoms with E-state index in [9.17, 15) is 22.8 Å². The molecule has 9 rings (SSSR count). The van der Waals surface area contributed by atoms with Crippen LogP contribution in [0.3, 0.4) is 0 Å². The van der Waals surface area contributed by atoms with Crippen LogP contribution in [0.25, 0.3) is 22.5 Å². The van der Waals surface area contributed by atoms with Crippen molar-refractivity contribution in [2.24, 2.45) is 10.8 Å². The van der Waals surface area contributed by atoms with Crippen LogP contribution in [0, 0.1) is 10.8 Å². The second-order valence-electron chi connectivity index (χ2n) is 16.1. The second kappa shape index (κ2) is 14.1. The fourth-order valence-electron chi connectivity index (χ4n) is 9.41. The zero-order chi connectivity index (χ0) is 39.7. The van der Waals surface area contributed by atoms with Crippen LogP contribution in [0.15, 0.2) is 48.7 Å². The molecule has 2 spiro atoms. The number of hydrogen-bond acceptors (Lipinski definition) is 10. The monoisotopic (exact) mass is 803 g/mol. The van der Waals surface area contributed by atoms with Crippen LogP contribution in [-0.4, -0.2) is 90.1 Å². The van der Waals surface area contributed by atoms with Crippen molar-refractivity contribution in [1.82, 2.24) is 35.4 Å². The van der Waals surface area contributed by atoms with Crippen LogP contribution >= 0.6 is 11.6 Å². The van der Waals surface area contributed by atoms with E-state index in [1.54, 1.807) is 19.4 Å². The lowest BCUT2D eigenvalue weighted by molar-refractivity contribution is -0.140. The fourth-order valence-corrected chi connectivity index (χ4v) is 9.72. The number of alkyl halides is 3. The number of ether oxygens (including phenoxy) is 3. The largest absolute Gasteiger partial charge is 0.481 e. The number of likely N-dealkylation sites (tertiary alicyclic amines) is 2. The zero-order valence-corrected chi connectivity index (χ0v) is 32.2. The number of amides is 2. The summed E-state index contributed by atoms with van der Waals surface area (Å²) in [6.45, 7) is 4.96. The van der Waals surface area contributed by atoms with Crippen molar-refractivity contribution >= 4 is 23.4 Å². The lowest BCUT2D eigenvalue weighted by Gasteiger charge is -2.47. The van der Waals surface area contributed by atoms with Gasteiger partial charge in [0.25, 0.3) is 0 Å². The SMILES string of the molecule is COc1nc(-c2ccnc(-c3cccc4c3CC[C@@H]4Oc3nc(OC)c(CN4CC5(CNC(=O)C5)C4)cc3C(F)(F)F)c2Cl)ccc1CN1CC2(CNC(=O)C2)C1. The van der Waals surface area contributed by atoms with Crippen LogP contribution < -0.4 is 24.8 Å². The summed E-state index contributed by atoms with van der Waals surface area (Å²) in [7, 11) is 2.96. The Kier molecular flexibility index (Phi) is 9.32. The fraction of sp³-hybridized carbons (Fsp3) is 0.439. The molecule has 2 amide bonds. The third-order valence-electron chi connectivity index (χ3n) is 12.0. The maximum atomic E-state index is 14.6. The van der Waals surface area contributed by atoms with Crippen molar-refractivity contribution in [1.29, 1.82) is 0 Å². The number of nitrogens with zero attached hydrogens (tertiary/aromatic N) is 5. The molecule has 4 aromatic rings. The number of fused-ring (bicyclic) bond motifs is 1. The molecule has 12 nitrogen and oxygen atoms in total. The van der Waals surface area contributed by atoms with Crippen LogP contribution in [0.2, 0.25) is 5.02 Å². The van der Waals surface area contributed by atoms with Gasteiger partial charge < -0.3 is 24.8 Å². The van der Waals surface area contributed by atoms with Crippen molar-refractivity contribution in [3.05, 3.63) is 81.5 Å². The summed E-state index contributed by atoms with van der Waals surface area (Å²) in [6, 6.07) is 12.3. The van der Waals surface area contributed by atoms with Crippen LogP contribution in [0.4, 0.5) is 13.2 Å². The molecule has 0 radical (unpaired) electrons. The minimum absolute atomic E-state index is 0.00188. The summed E-state index contributed by atoms with van der Waals surface area (Å²) in [5.74, 6) is 0.102. The Morgan fingerprint density at radius 1 is 0.842 bits per heavy atom. The Bertz CT molecular complexity index is 2280.